The van der Waals surface area contributed by atoms with Gasteiger partial charge in [-0.15, -0.1) is 0 Å². The van der Waals surface area contributed by atoms with E-state index < -0.39 is 29.4 Å². The molecule has 2 rings (SSSR count). The lowest BCUT2D eigenvalue weighted by Gasteiger charge is -2.01. The molecule has 0 spiro atoms. The van der Waals surface area contributed by atoms with Gasteiger partial charge in [0.25, 0.3) is 12.1 Å². The maximum atomic E-state index is 12.9. The summed E-state index contributed by atoms with van der Waals surface area (Å²) in [7, 11) is 0. The molecule has 90 valence electrons. The van der Waals surface area contributed by atoms with Crippen LogP contribution in [0.15, 0.2) is 18.5 Å². The summed E-state index contributed by atoms with van der Waals surface area (Å²) in [5.41, 5.74) is -0.467. The van der Waals surface area contributed by atoms with Crippen LogP contribution in [0.3, 0.4) is 0 Å². The molecule has 0 unspecified atom stereocenters. The van der Waals surface area contributed by atoms with Crippen LogP contribution in [0, 0.1) is 15.9 Å². The van der Waals surface area contributed by atoms with E-state index in [0.717, 1.165) is 23.0 Å². The first kappa shape index (κ1) is 11.4. The minimum atomic E-state index is -2.67. The Morgan fingerprint density at radius 2 is 2.24 bits per heavy atom. The summed E-state index contributed by atoms with van der Waals surface area (Å²) in [6.45, 7) is -0.719. The highest BCUT2D eigenvalue weighted by Gasteiger charge is 2.20. The Bertz CT molecular complexity index is 582. The molecule has 0 bridgehead atoms. The number of hydrogen-bond donors (Lipinski definition) is 0. The van der Waals surface area contributed by atoms with Gasteiger partial charge in [-0.05, 0) is 6.07 Å². The van der Waals surface area contributed by atoms with E-state index >= 15 is 0 Å². The zero-order chi connectivity index (χ0) is 12.6. The number of nitrogens with zero attached hydrogens (tertiary/aromatic N) is 3. The van der Waals surface area contributed by atoms with Crippen molar-refractivity contribution in [2.75, 3.05) is 0 Å². The molecule has 0 fully saturated rings. The van der Waals surface area contributed by atoms with Crippen LogP contribution >= 0.6 is 0 Å². The molecule has 17 heavy (non-hydrogen) atoms. The predicted octanol–water partition coefficient (Wildman–Crippen LogP) is 2.35. The normalized spacial score (nSPS) is 11.3. The minimum Gasteiger partial charge on any atom is -0.320 e. The molecule has 0 radical (unpaired) electrons. The Morgan fingerprint density at radius 3 is 2.82 bits per heavy atom. The molecule has 0 aliphatic rings. The smallest absolute Gasteiger partial charge is 0.296 e. The molecule has 0 aliphatic carbocycles. The maximum absolute atomic E-state index is 12.9. The van der Waals surface area contributed by atoms with Crippen molar-refractivity contribution in [1.82, 2.24) is 9.55 Å². The summed E-state index contributed by atoms with van der Waals surface area (Å²) >= 11 is 0. The summed E-state index contributed by atoms with van der Waals surface area (Å²) in [6, 6.07) is 0.905. The number of hydrogen-bond acceptors (Lipinski definition) is 3. The number of pyridine rings is 1. The molecule has 5 nitrogen and oxygen atoms in total. The van der Waals surface area contributed by atoms with Gasteiger partial charge in [0.1, 0.15) is 11.5 Å². The van der Waals surface area contributed by atoms with Gasteiger partial charge in [-0.2, -0.15) is 0 Å². The molecule has 0 atom stereocenters. The molecule has 0 amide bonds. The fraction of sp³-hybridized carbons (Fsp3) is 0.222. The highest BCUT2D eigenvalue weighted by Crippen LogP contribution is 2.27. The van der Waals surface area contributed by atoms with Gasteiger partial charge in [-0.1, -0.05) is 0 Å². The fourth-order valence-corrected chi connectivity index (χ4v) is 1.56. The highest BCUT2D eigenvalue weighted by atomic mass is 19.3. The zero-order valence-electron chi connectivity index (χ0n) is 8.31. The van der Waals surface area contributed by atoms with E-state index in [2.05, 4.69) is 4.98 Å². The quantitative estimate of drug-likeness (QED) is 0.616. The topological polar surface area (TPSA) is 61.0 Å². The number of nitro groups is 1. The number of rotatable bonds is 3. The van der Waals surface area contributed by atoms with Crippen molar-refractivity contribution in [3.63, 3.8) is 0 Å². The van der Waals surface area contributed by atoms with Crippen molar-refractivity contribution in [3.05, 3.63) is 34.4 Å². The van der Waals surface area contributed by atoms with Crippen molar-refractivity contribution in [2.45, 2.75) is 13.0 Å². The lowest BCUT2D eigenvalue weighted by Crippen LogP contribution is -2.05. The fourth-order valence-electron chi connectivity index (χ4n) is 1.56. The van der Waals surface area contributed by atoms with Gasteiger partial charge in [0.05, 0.1) is 29.2 Å². The average Bonchev–Trinajstić information content (AvgIpc) is 2.55. The van der Waals surface area contributed by atoms with E-state index in [1.807, 2.05) is 0 Å². The maximum Gasteiger partial charge on any atom is 0.296 e. The third kappa shape index (κ3) is 2.05. The molecule has 2 aromatic heterocycles. The third-order valence-electron chi connectivity index (χ3n) is 2.19. The van der Waals surface area contributed by atoms with E-state index in [4.69, 9.17) is 0 Å². The van der Waals surface area contributed by atoms with Crippen LogP contribution in [0.1, 0.15) is 0 Å². The molecule has 2 aromatic rings. The summed E-state index contributed by atoms with van der Waals surface area (Å²) in [5, 5.41) is 10.6. The van der Waals surface area contributed by atoms with Crippen molar-refractivity contribution in [2.24, 2.45) is 0 Å². The van der Waals surface area contributed by atoms with E-state index in [0.29, 0.717) is 0 Å². The summed E-state index contributed by atoms with van der Waals surface area (Å²) in [5.74, 6) is -0.754. The molecule has 8 heteroatoms. The second-order valence-corrected chi connectivity index (χ2v) is 3.34. The number of fused-ring (bicyclic) bond motifs is 1. The van der Waals surface area contributed by atoms with Crippen LogP contribution in [-0.4, -0.2) is 20.9 Å². The molecular formula is C9H6F3N3O2. The lowest BCUT2D eigenvalue weighted by molar-refractivity contribution is -0.383. The SMILES string of the molecule is O=[N+]([O-])c1cn(CC(F)F)c2ncc(F)cc12. The number of halogens is 3. The minimum absolute atomic E-state index is 0.0293. The highest BCUT2D eigenvalue weighted by molar-refractivity contribution is 5.86. The van der Waals surface area contributed by atoms with Crippen LogP contribution in [-0.2, 0) is 6.54 Å². The second-order valence-electron chi connectivity index (χ2n) is 3.34. The van der Waals surface area contributed by atoms with Crippen molar-refractivity contribution in [3.8, 4) is 0 Å². The van der Waals surface area contributed by atoms with Gasteiger partial charge in [0.2, 0.25) is 0 Å². The van der Waals surface area contributed by atoms with Crippen LogP contribution in [0.25, 0.3) is 11.0 Å². The Labute approximate surface area is 92.6 Å². The first-order valence-electron chi connectivity index (χ1n) is 4.56. The summed E-state index contributed by atoms with van der Waals surface area (Å²) < 4.78 is 38.3. The molecule has 0 aliphatic heterocycles. The average molecular weight is 245 g/mol. The Kier molecular flexibility index (Phi) is 2.70. The molecule has 0 saturated heterocycles. The first-order valence-corrected chi connectivity index (χ1v) is 4.56. The number of alkyl halides is 2. The molecular weight excluding hydrogens is 239 g/mol. The molecule has 0 N–H and O–H groups in total. The molecule has 2 heterocycles. The molecule has 0 saturated carbocycles. The van der Waals surface area contributed by atoms with Crippen LogP contribution in [0.5, 0.6) is 0 Å². The van der Waals surface area contributed by atoms with Gasteiger partial charge in [-0.25, -0.2) is 18.2 Å². The molecule has 0 aromatic carbocycles. The monoisotopic (exact) mass is 245 g/mol. The standard InChI is InChI=1S/C9H6F3N3O2/c10-5-1-6-7(15(16)17)3-14(4-8(11)12)9(6)13-2-5/h1-3,8H,4H2. The van der Waals surface area contributed by atoms with Gasteiger partial charge < -0.3 is 4.57 Å². The third-order valence-corrected chi connectivity index (χ3v) is 2.19. The van der Waals surface area contributed by atoms with Crippen molar-refractivity contribution >= 4 is 16.7 Å². The Hall–Kier alpha value is -2.12. The Morgan fingerprint density at radius 1 is 1.53 bits per heavy atom. The van der Waals surface area contributed by atoms with Gasteiger partial charge in [0, 0.05) is 0 Å². The zero-order valence-corrected chi connectivity index (χ0v) is 8.31. The first-order chi connectivity index (χ1) is 7.99. The summed E-state index contributed by atoms with van der Waals surface area (Å²) in [6.07, 6.45) is -0.908. The van der Waals surface area contributed by atoms with E-state index in [-0.39, 0.29) is 11.0 Å². The van der Waals surface area contributed by atoms with Crippen LogP contribution < -0.4 is 0 Å². The van der Waals surface area contributed by atoms with E-state index in [1.54, 1.807) is 0 Å². The van der Waals surface area contributed by atoms with Crippen LogP contribution in [0.4, 0.5) is 18.9 Å². The van der Waals surface area contributed by atoms with Crippen LogP contribution in [0.2, 0.25) is 0 Å². The van der Waals surface area contributed by atoms with Crippen molar-refractivity contribution in [1.29, 1.82) is 0 Å². The second kappa shape index (κ2) is 4.04. The van der Waals surface area contributed by atoms with Gasteiger partial charge in [0.15, 0.2) is 0 Å². The van der Waals surface area contributed by atoms with Gasteiger partial charge in [-0.3, -0.25) is 10.1 Å². The summed E-state index contributed by atoms with van der Waals surface area (Å²) in [4.78, 5) is 13.5. The largest absolute Gasteiger partial charge is 0.320 e. The predicted molar refractivity (Wildman–Crippen MR) is 52.3 cm³/mol. The van der Waals surface area contributed by atoms with Crippen molar-refractivity contribution < 1.29 is 18.1 Å². The van der Waals surface area contributed by atoms with E-state index in [1.165, 1.54) is 0 Å². The van der Waals surface area contributed by atoms with E-state index in [9.17, 15) is 23.3 Å². The van der Waals surface area contributed by atoms with Gasteiger partial charge >= 0.3 is 0 Å². The Balaban J connectivity index is 2.66. The lowest BCUT2D eigenvalue weighted by atomic mass is 10.3. The number of aromatic nitrogens is 2.